The van der Waals surface area contributed by atoms with Gasteiger partial charge in [0.2, 0.25) is 0 Å². The molecule has 1 rings (SSSR count). The van der Waals surface area contributed by atoms with Gasteiger partial charge in [0.25, 0.3) is 0 Å². The molecule has 0 heterocycles. The summed E-state index contributed by atoms with van der Waals surface area (Å²) in [6.07, 6.45) is 3.18. The molecule has 0 saturated carbocycles. The van der Waals surface area contributed by atoms with E-state index in [9.17, 15) is 0 Å². The molecule has 0 aliphatic carbocycles. The van der Waals surface area contributed by atoms with Crippen LogP contribution in [0.15, 0.2) is 23.2 Å². The number of halogens is 1. The van der Waals surface area contributed by atoms with Crippen LogP contribution in [0.5, 0.6) is 5.75 Å². The van der Waals surface area contributed by atoms with Gasteiger partial charge in [0.05, 0.1) is 6.61 Å². The van der Waals surface area contributed by atoms with E-state index in [1.165, 1.54) is 12.0 Å². The van der Waals surface area contributed by atoms with Gasteiger partial charge in [-0.3, -0.25) is 4.99 Å². The maximum atomic E-state index is 5.96. The minimum atomic E-state index is 0. The van der Waals surface area contributed by atoms with Gasteiger partial charge in [-0.25, -0.2) is 0 Å². The number of nitrogens with one attached hydrogen (secondary N) is 2. The number of hydrogen-bond acceptors (Lipinski definition) is 4. The monoisotopic (exact) mass is 520 g/mol. The van der Waals surface area contributed by atoms with Gasteiger partial charge in [-0.05, 0) is 58.8 Å². The minimum absolute atomic E-state index is 0. The highest BCUT2D eigenvalue weighted by atomic mass is 127. The number of benzene rings is 1. The second kappa shape index (κ2) is 16.7. The molecule has 0 spiro atoms. The molecule has 0 fully saturated rings. The Bertz CT molecular complexity index is 582. The van der Waals surface area contributed by atoms with Crippen LogP contribution in [0.4, 0.5) is 0 Å². The first-order valence-electron chi connectivity index (χ1n) is 10.3. The zero-order valence-corrected chi connectivity index (χ0v) is 21.4. The largest absolute Gasteiger partial charge is 0.493 e. The van der Waals surface area contributed by atoms with E-state index in [0.29, 0.717) is 25.8 Å². The number of unbranched alkanes of at least 4 members (excludes halogenated alkanes) is 1. The van der Waals surface area contributed by atoms with Crippen molar-refractivity contribution in [2.24, 2.45) is 4.99 Å². The fourth-order valence-corrected chi connectivity index (χ4v) is 2.68. The Kier molecular flexibility index (Phi) is 16.1. The van der Waals surface area contributed by atoms with E-state index in [4.69, 9.17) is 9.47 Å². The topological polar surface area (TPSA) is 58.1 Å². The molecular weight excluding hydrogens is 479 g/mol. The van der Waals surface area contributed by atoms with Gasteiger partial charge in [0.1, 0.15) is 5.75 Å². The fraction of sp³-hybridized carbons (Fsp3) is 0.682. The molecule has 0 radical (unpaired) electrons. The lowest BCUT2D eigenvalue weighted by Gasteiger charge is -2.20. The number of guanidine groups is 1. The summed E-state index contributed by atoms with van der Waals surface area (Å²) in [6.45, 7) is 10.6. The van der Waals surface area contributed by atoms with E-state index in [0.717, 1.165) is 43.2 Å². The first kappa shape index (κ1) is 27.9. The maximum Gasteiger partial charge on any atom is 0.191 e. The summed E-state index contributed by atoms with van der Waals surface area (Å²) in [5.41, 5.74) is 2.32. The van der Waals surface area contributed by atoms with Crippen LogP contribution in [0.25, 0.3) is 0 Å². The van der Waals surface area contributed by atoms with Crippen LogP contribution in [-0.2, 0) is 11.3 Å². The van der Waals surface area contributed by atoms with E-state index in [1.54, 1.807) is 14.2 Å². The average Bonchev–Trinajstić information content (AvgIpc) is 2.68. The van der Waals surface area contributed by atoms with Crippen LogP contribution >= 0.6 is 24.0 Å². The average molecular weight is 521 g/mol. The molecule has 7 heteroatoms. The molecule has 1 aromatic carbocycles. The van der Waals surface area contributed by atoms with Crippen molar-refractivity contribution in [2.45, 2.75) is 52.6 Å². The van der Waals surface area contributed by atoms with Crippen molar-refractivity contribution in [3.63, 3.8) is 0 Å². The van der Waals surface area contributed by atoms with Crippen molar-refractivity contribution in [1.82, 2.24) is 15.5 Å². The highest BCUT2D eigenvalue weighted by Gasteiger charge is 2.06. The van der Waals surface area contributed by atoms with Crippen LogP contribution in [0.3, 0.4) is 0 Å². The summed E-state index contributed by atoms with van der Waals surface area (Å²) in [6, 6.07) is 6.91. The maximum absolute atomic E-state index is 5.96. The van der Waals surface area contributed by atoms with Gasteiger partial charge < -0.3 is 25.0 Å². The van der Waals surface area contributed by atoms with Crippen molar-refractivity contribution in [3.8, 4) is 5.75 Å². The van der Waals surface area contributed by atoms with Gasteiger partial charge >= 0.3 is 0 Å². The number of aryl methyl sites for hydroxylation is 1. The van der Waals surface area contributed by atoms with Crippen molar-refractivity contribution in [3.05, 3.63) is 29.3 Å². The molecule has 2 N–H and O–H groups in total. The summed E-state index contributed by atoms with van der Waals surface area (Å²) < 4.78 is 11.0. The predicted molar refractivity (Wildman–Crippen MR) is 134 cm³/mol. The number of aliphatic imine (C=N–C) groups is 1. The Morgan fingerprint density at radius 3 is 2.55 bits per heavy atom. The summed E-state index contributed by atoms with van der Waals surface area (Å²) in [5.74, 6) is 1.75. The van der Waals surface area contributed by atoms with Crippen molar-refractivity contribution in [1.29, 1.82) is 0 Å². The minimum Gasteiger partial charge on any atom is -0.493 e. The van der Waals surface area contributed by atoms with E-state index >= 15 is 0 Å². The quantitative estimate of drug-likeness (QED) is 0.179. The Labute approximate surface area is 194 Å². The third-order valence-corrected chi connectivity index (χ3v) is 4.75. The summed E-state index contributed by atoms with van der Waals surface area (Å²) in [5, 5.41) is 6.79. The molecule has 0 aliphatic rings. The van der Waals surface area contributed by atoms with Crippen LogP contribution < -0.4 is 15.4 Å². The van der Waals surface area contributed by atoms with E-state index < -0.39 is 0 Å². The normalized spacial score (nSPS) is 11.5. The van der Waals surface area contributed by atoms with Gasteiger partial charge in [-0.1, -0.05) is 12.1 Å². The molecule has 0 saturated heterocycles. The first-order chi connectivity index (χ1) is 13.5. The Balaban J connectivity index is 0.00000784. The predicted octanol–water partition coefficient (Wildman–Crippen LogP) is 3.81. The molecule has 0 aromatic heterocycles. The Hall–Kier alpha value is -1.06. The van der Waals surface area contributed by atoms with E-state index in [1.807, 2.05) is 0 Å². The molecule has 0 amide bonds. The third kappa shape index (κ3) is 12.3. The van der Waals surface area contributed by atoms with Gasteiger partial charge in [-0.15, -0.1) is 24.0 Å². The van der Waals surface area contributed by atoms with Crippen LogP contribution in [0, 0.1) is 6.92 Å². The highest BCUT2D eigenvalue weighted by molar-refractivity contribution is 14.0. The molecule has 0 bridgehead atoms. The molecule has 1 aromatic rings. The van der Waals surface area contributed by atoms with Gasteiger partial charge in [0.15, 0.2) is 5.96 Å². The third-order valence-electron chi connectivity index (χ3n) is 4.75. The Morgan fingerprint density at radius 2 is 1.90 bits per heavy atom. The molecule has 29 heavy (non-hydrogen) atoms. The molecule has 0 aliphatic heterocycles. The zero-order chi connectivity index (χ0) is 20.8. The van der Waals surface area contributed by atoms with E-state index in [-0.39, 0.29) is 24.0 Å². The number of ether oxygens (including phenoxy) is 2. The molecule has 0 unspecified atom stereocenters. The number of methoxy groups -OCH3 is 1. The second-order valence-corrected chi connectivity index (χ2v) is 7.44. The second-order valence-electron chi connectivity index (χ2n) is 7.44. The highest BCUT2D eigenvalue weighted by Crippen LogP contribution is 2.20. The summed E-state index contributed by atoms with van der Waals surface area (Å²) >= 11 is 0. The lowest BCUT2D eigenvalue weighted by molar-refractivity contribution is 0.171. The fourth-order valence-electron chi connectivity index (χ4n) is 2.68. The molecule has 168 valence electrons. The lowest BCUT2D eigenvalue weighted by atomic mass is 10.1. The van der Waals surface area contributed by atoms with Gasteiger partial charge in [-0.2, -0.15) is 0 Å². The summed E-state index contributed by atoms with van der Waals surface area (Å²) in [4.78, 5) is 6.70. The van der Waals surface area contributed by atoms with Crippen LogP contribution in [-0.4, -0.2) is 64.4 Å². The zero-order valence-electron chi connectivity index (χ0n) is 19.1. The standard InChI is InChI=1S/C22H40N4O2.HI/c1-18(2)26(5)13-8-7-12-24-22(23-4)25-17-20-11-10-19(3)16-21(20)28-15-9-14-27-6;/h10-11,16,18H,7-9,12-15,17H2,1-6H3,(H2,23,24,25);1H. The van der Waals surface area contributed by atoms with Crippen LogP contribution in [0.1, 0.15) is 44.2 Å². The molecule has 6 nitrogen and oxygen atoms in total. The number of nitrogens with zero attached hydrogens (tertiary/aromatic N) is 2. The van der Waals surface area contributed by atoms with E-state index in [2.05, 4.69) is 66.5 Å². The number of rotatable bonds is 13. The SMILES string of the molecule is CN=C(NCCCCN(C)C(C)C)NCc1ccc(C)cc1OCCCOC.I. The number of hydrogen-bond donors (Lipinski definition) is 2. The van der Waals surface area contributed by atoms with Crippen LogP contribution in [0.2, 0.25) is 0 Å². The van der Waals surface area contributed by atoms with Crippen molar-refractivity contribution in [2.75, 3.05) is 47.5 Å². The first-order valence-corrected chi connectivity index (χ1v) is 10.3. The van der Waals surface area contributed by atoms with Gasteiger partial charge in [0, 0.05) is 51.9 Å². The summed E-state index contributed by atoms with van der Waals surface area (Å²) in [7, 11) is 5.69. The molecular formula is C22H41IN4O2. The smallest absolute Gasteiger partial charge is 0.191 e. The Morgan fingerprint density at radius 1 is 1.14 bits per heavy atom. The van der Waals surface area contributed by atoms with Crippen molar-refractivity contribution < 1.29 is 9.47 Å². The molecule has 0 atom stereocenters. The lowest BCUT2D eigenvalue weighted by Crippen LogP contribution is -2.37. The van der Waals surface area contributed by atoms with Crippen molar-refractivity contribution >= 4 is 29.9 Å².